The molecule has 26 heavy (non-hydrogen) atoms. The Balaban J connectivity index is 1.61. The van der Waals surface area contributed by atoms with Gasteiger partial charge in [0.25, 0.3) is 0 Å². The molecule has 0 amide bonds. The fourth-order valence-corrected chi connectivity index (χ4v) is 5.37. The van der Waals surface area contributed by atoms with Crippen molar-refractivity contribution in [1.29, 1.82) is 0 Å². The van der Waals surface area contributed by atoms with Gasteiger partial charge in [0.2, 0.25) is 0 Å². The summed E-state index contributed by atoms with van der Waals surface area (Å²) in [5, 5.41) is 10.4. The molecule has 0 fully saturated rings. The van der Waals surface area contributed by atoms with Gasteiger partial charge in [-0.05, 0) is 50.7 Å². The van der Waals surface area contributed by atoms with Gasteiger partial charge in [-0.1, -0.05) is 13.3 Å². The Labute approximate surface area is 155 Å². The van der Waals surface area contributed by atoms with E-state index in [1.165, 1.54) is 35.1 Å². The Bertz CT molecular complexity index is 1120. The lowest BCUT2D eigenvalue weighted by Crippen LogP contribution is -2.11. The van der Waals surface area contributed by atoms with E-state index in [0.717, 1.165) is 40.0 Å². The lowest BCUT2D eigenvalue weighted by Gasteiger charge is -2.20. The van der Waals surface area contributed by atoms with Gasteiger partial charge >= 0.3 is 0 Å². The molecule has 0 saturated heterocycles. The Morgan fingerprint density at radius 1 is 1.27 bits per heavy atom. The van der Waals surface area contributed by atoms with Crippen molar-refractivity contribution in [3.63, 3.8) is 0 Å². The largest absolute Gasteiger partial charge is 0.262 e. The highest BCUT2D eigenvalue weighted by Gasteiger charge is 2.24. The minimum Gasteiger partial charge on any atom is -0.262 e. The van der Waals surface area contributed by atoms with Crippen molar-refractivity contribution in [2.45, 2.75) is 53.0 Å². The predicted octanol–water partition coefficient (Wildman–Crippen LogP) is 3.72. The van der Waals surface area contributed by atoms with Crippen molar-refractivity contribution in [2.24, 2.45) is 5.92 Å². The molecule has 0 saturated carbocycles. The molecule has 0 radical (unpaired) electrons. The molecule has 0 bridgehead atoms. The minimum atomic E-state index is 0.590. The van der Waals surface area contributed by atoms with Crippen LogP contribution in [0.1, 0.15) is 47.4 Å². The van der Waals surface area contributed by atoms with Gasteiger partial charge in [0.15, 0.2) is 11.5 Å². The third-order valence-electron chi connectivity index (χ3n) is 5.50. The summed E-state index contributed by atoms with van der Waals surface area (Å²) >= 11 is 1.84. The van der Waals surface area contributed by atoms with Gasteiger partial charge in [0.05, 0.1) is 11.1 Å². The highest BCUT2D eigenvalue weighted by molar-refractivity contribution is 7.19. The maximum Gasteiger partial charge on any atom is 0.173 e. The fraction of sp³-hybridized carbons (Fsp3) is 0.474. The lowest BCUT2D eigenvalue weighted by molar-refractivity contribution is 0.451. The number of rotatable bonds is 3. The van der Waals surface area contributed by atoms with Crippen LogP contribution in [0.2, 0.25) is 0 Å². The van der Waals surface area contributed by atoms with E-state index in [9.17, 15) is 0 Å². The molecule has 6 nitrogen and oxygen atoms in total. The van der Waals surface area contributed by atoms with Crippen molar-refractivity contribution in [3.05, 3.63) is 40.0 Å². The number of hydrogen-bond donors (Lipinski definition) is 0. The van der Waals surface area contributed by atoms with E-state index < -0.39 is 0 Å². The van der Waals surface area contributed by atoms with E-state index in [1.807, 2.05) is 27.5 Å². The Morgan fingerprint density at radius 3 is 2.92 bits per heavy atom. The molecule has 1 aliphatic carbocycles. The molecule has 4 aromatic rings. The van der Waals surface area contributed by atoms with Crippen molar-refractivity contribution in [2.75, 3.05) is 0 Å². The second kappa shape index (κ2) is 5.87. The van der Waals surface area contributed by atoms with Crippen LogP contribution in [0.3, 0.4) is 0 Å². The maximum absolute atomic E-state index is 4.86. The molecule has 0 N–H and O–H groups in total. The summed E-state index contributed by atoms with van der Waals surface area (Å²) in [4.78, 5) is 12.1. The molecule has 0 aromatic carbocycles. The van der Waals surface area contributed by atoms with Crippen LogP contribution in [-0.4, -0.2) is 29.4 Å². The Kier molecular flexibility index (Phi) is 3.60. The predicted molar refractivity (Wildman–Crippen MR) is 103 cm³/mol. The van der Waals surface area contributed by atoms with Crippen LogP contribution in [0.15, 0.2) is 12.4 Å². The van der Waals surface area contributed by atoms with Gasteiger partial charge in [-0.25, -0.2) is 14.5 Å². The van der Waals surface area contributed by atoms with E-state index >= 15 is 0 Å². The lowest BCUT2D eigenvalue weighted by atomic mass is 9.86. The van der Waals surface area contributed by atoms with Crippen molar-refractivity contribution in [3.8, 4) is 0 Å². The first-order chi connectivity index (χ1) is 12.6. The normalized spacial score (nSPS) is 17.3. The number of thiophene rings is 1. The maximum atomic E-state index is 4.86. The van der Waals surface area contributed by atoms with Crippen LogP contribution in [0.5, 0.6) is 0 Å². The van der Waals surface area contributed by atoms with E-state index in [1.54, 1.807) is 6.33 Å². The standard InChI is InChI=1S/C19H22N6S/c1-4-13-5-6-14-15(8-13)26-19-17(14)18-21-16(23-25(18)10-20-19)9-24-12(3)7-11(2)22-24/h7,10,13H,4-6,8-9H2,1-3H3. The van der Waals surface area contributed by atoms with Gasteiger partial charge in [-0.3, -0.25) is 4.68 Å². The van der Waals surface area contributed by atoms with Crippen LogP contribution in [0.4, 0.5) is 0 Å². The van der Waals surface area contributed by atoms with E-state index in [-0.39, 0.29) is 0 Å². The highest BCUT2D eigenvalue weighted by atomic mass is 32.1. The van der Waals surface area contributed by atoms with E-state index in [4.69, 9.17) is 4.98 Å². The summed E-state index contributed by atoms with van der Waals surface area (Å²) < 4.78 is 3.80. The number of hydrogen-bond acceptors (Lipinski definition) is 5. The quantitative estimate of drug-likeness (QED) is 0.554. The molecule has 1 aliphatic rings. The average Bonchev–Trinajstić information content (AvgIpc) is 3.28. The fourth-order valence-electron chi connectivity index (χ4n) is 4.07. The summed E-state index contributed by atoms with van der Waals surface area (Å²) in [7, 11) is 0. The third kappa shape index (κ3) is 2.45. The van der Waals surface area contributed by atoms with Crippen molar-refractivity contribution >= 4 is 27.2 Å². The third-order valence-corrected chi connectivity index (χ3v) is 6.67. The Hall–Kier alpha value is -2.28. The monoisotopic (exact) mass is 366 g/mol. The second-order valence-corrected chi connectivity index (χ2v) is 8.41. The van der Waals surface area contributed by atoms with Gasteiger partial charge in [0, 0.05) is 10.6 Å². The van der Waals surface area contributed by atoms with Gasteiger partial charge in [-0.15, -0.1) is 16.4 Å². The topological polar surface area (TPSA) is 60.9 Å². The van der Waals surface area contributed by atoms with Crippen molar-refractivity contribution in [1.82, 2.24) is 29.4 Å². The molecule has 5 rings (SSSR count). The first kappa shape index (κ1) is 15.9. The van der Waals surface area contributed by atoms with Gasteiger partial charge < -0.3 is 0 Å². The zero-order chi connectivity index (χ0) is 17.8. The molecule has 4 aromatic heterocycles. The summed E-state index contributed by atoms with van der Waals surface area (Å²) in [5.74, 6) is 1.60. The van der Waals surface area contributed by atoms with Crippen LogP contribution in [-0.2, 0) is 19.4 Å². The van der Waals surface area contributed by atoms with Crippen LogP contribution in [0.25, 0.3) is 15.9 Å². The number of fused-ring (bicyclic) bond motifs is 5. The number of aromatic nitrogens is 6. The summed E-state index contributed by atoms with van der Waals surface area (Å²) in [6.07, 6.45) is 6.65. The van der Waals surface area contributed by atoms with E-state index in [0.29, 0.717) is 6.54 Å². The highest BCUT2D eigenvalue weighted by Crippen LogP contribution is 2.39. The van der Waals surface area contributed by atoms with Crippen LogP contribution >= 0.6 is 11.3 Å². The zero-order valence-electron chi connectivity index (χ0n) is 15.4. The molecule has 1 unspecified atom stereocenters. The van der Waals surface area contributed by atoms with Gasteiger partial charge in [-0.2, -0.15) is 5.10 Å². The molecule has 4 heterocycles. The zero-order valence-corrected chi connectivity index (χ0v) is 16.2. The van der Waals surface area contributed by atoms with Crippen LogP contribution in [0, 0.1) is 19.8 Å². The molecular formula is C19H22N6S. The molecule has 0 aliphatic heterocycles. The molecular weight excluding hydrogens is 344 g/mol. The SMILES string of the molecule is CCC1CCc2c(sc3ncn4nc(Cn5nc(C)cc5C)nc4c23)C1. The van der Waals surface area contributed by atoms with Crippen LogP contribution < -0.4 is 0 Å². The Morgan fingerprint density at radius 2 is 2.15 bits per heavy atom. The molecule has 1 atom stereocenters. The molecule has 7 heteroatoms. The second-order valence-electron chi connectivity index (χ2n) is 7.33. The first-order valence-electron chi connectivity index (χ1n) is 9.28. The molecule has 134 valence electrons. The summed E-state index contributed by atoms with van der Waals surface area (Å²) in [6, 6.07) is 2.08. The average molecular weight is 366 g/mol. The summed E-state index contributed by atoms with van der Waals surface area (Å²) in [5.41, 5.74) is 4.55. The smallest absolute Gasteiger partial charge is 0.173 e. The first-order valence-corrected chi connectivity index (χ1v) is 10.1. The van der Waals surface area contributed by atoms with E-state index in [2.05, 4.69) is 35.1 Å². The number of aryl methyl sites for hydroxylation is 3. The molecule has 0 spiro atoms. The number of nitrogens with zero attached hydrogens (tertiary/aromatic N) is 6. The van der Waals surface area contributed by atoms with Gasteiger partial charge in [0.1, 0.15) is 17.7 Å². The van der Waals surface area contributed by atoms with Crippen molar-refractivity contribution < 1.29 is 0 Å². The summed E-state index contributed by atoms with van der Waals surface area (Å²) in [6.45, 7) is 6.96. The minimum absolute atomic E-state index is 0.590.